The van der Waals surface area contributed by atoms with E-state index in [0.717, 1.165) is 47.4 Å². The van der Waals surface area contributed by atoms with E-state index < -0.39 is 0 Å². The number of imide groups is 1. The molecule has 2 aromatic rings. The maximum Gasteiger partial charge on any atom is 0.290 e. The second kappa shape index (κ2) is 9.94. The lowest BCUT2D eigenvalue weighted by Gasteiger charge is -2.08. The molecule has 6 nitrogen and oxygen atoms in total. The quantitative estimate of drug-likeness (QED) is 0.504. The summed E-state index contributed by atoms with van der Waals surface area (Å²) in [6, 6.07) is 11.3. The maximum atomic E-state index is 11.6. The summed E-state index contributed by atoms with van der Waals surface area (Å²) < 4.78 is 11.4. The van der Waals surface area contributed by atoms with Gasteiger partial charge in [-0.25, -0.2) is 0 Å². The van der Waals surface area contributed by atoms with Crippen LogP contribution >= 0.6 is 11.8 Å². The van der Waals surface area contributed by atoms with E-state index in [0.29, 0.717) is 24.5 Å². The summed E-state index contributed by atoms with van der Waals surface area (Å²) >= 11 is 0.905. The lowest BCUT2D eigenvalue weighted by atomic mass is 10.2. The largest absolute Gasteiger partial charge is 0.493 e. The molecule has 2 heterocycles. The second-order valence-electron chi connectivity index (χ2n) is 6.21. The predicted molar refractivity (Wildman–Crippen MR) is 109 cm³/mol. The molecule has 0 atom stereocenters. The third-order valence-electron chi connectivity index (χ3n) is 4.01. The Kier molecular flexibility index (Phi) is 7.08. The van der Waals surface area contributed by atoms with Crippen LogP contribution in [0.1, 0.15) is 31.0 Å². The van der Waals surface area contributed by atoms with E-state index in [1.54, 1.807) is 12.3 Å². The normalized spacial score (nSPS) is 15.0. The number of nitrogens with zero attached hydrogens (tertiary/aromatic N) is 1. The van der Waals surface area contributed by atoms with Crippen molar-refractivity contribution in [2.24, 2.45) is 0 Å². The van der Waals surface area contributed by atoms with Gasteiger partial charge in [-0.15, -0.1) is 0 Å². The van der Waals surface area contributed by atoms with E-state index in [1.807, 2.05) is 36.4 Å². The third kappa shape index (κ3) is 5.85. The Labute approximate surface area is 168 Å². The fourth-order valence-electron chi connectivity index (χ4n) is 2.48. The highest BCUT2D eigenvalue weighted by molar-refractivity contribution is 8.18. The molecule has 146 valence electrons. The Morgan fingerprint density at radius 3 is 2.43 bits per heavy atom. The van der Waals surface area contributed by atoms with Crippen molar-refractivity contribution in [2.45, 2.75) is 26.2 Å². The first-order valence-electron chi connectivity index (χ1n) is 9.19. The summed E-state index contributed by atoms with van der Waals surface area (Å²) in [6.45, 7) is 3.36. The zero-order chi connectivity index (χ0) is 19.8. The highest BCUT2D eigenvalue weighted by Crippen LogP contribution is 2.26. The minimum absolute atomic E-state index is 0.342. The molecule has 0 bridgehead atoms. The van der Waals surface area contributed by atoms with Gasteiger partial charge in [0.05, 0.1) is 24.3 Å². The van der Waals surface area contributed by atoms with Gasteiger partial charge in [0, 0.05) is 12.1 Å². The van der Waals surface area contributed by atoms with E-state index in [9.17, 15) is 9.59 Å². The van der Waals surface area contributed by atoms with E-state index >= 15 is 0 Å². The summed E-state index contributed by atoms with van der Waals surface area (Å²) in [5.74, 6) is 1.17. The minimum Gasteiger partial charge on any atom is -0.493 e. The van der Waals surface area contributed by atoms with Crippen LogP contribution in [0.4, 0.5) is 4.79 Å². The first-order valence-corrected chi connectivity index (χ1v) is 10.0. The van der Waals surface area contributed by atoms with E-state index in [4.69, 9.17) is 9.47 Å². The first kappa shape index (κ1) is 19.9. The predicted octanol–water partition coefficient (Wildman–Crippen LogP) is 4.21. The number of pyridine rings is 1. The Bertz CT molecular complexity index is 848. The van der Waals surface area contributed by atoms with Crippen molar-refractivity contribution in [1.29, 1.82) is 0 Å². The molecule has 1 N–H and O–H groups in total. The number of thioether (sulfide) groups is 1. The van der Waals surface area contributed by atoms with E-state index in [2.05, 4.69) is 17.2 Å². The van der Waals surface area contributed by atoms with Gasteiger partial charge in [0.25, 0.3) is 11.1 Å². The number of aromatic nitrogens is 1. The van der Waals surface area contributed by atoms with Crippen molar-refractivity contribution in [3.05, 3.63) is 58.8 Å². The molecular weight excluding hydrogens is 376 g/mol. The highest BCUT2D eigenvalue weighted by Gasteiger charge is 2.24. The molecule has 0 radical (unpaired) electrons. The zero-order valence-corrected chi connectivity index (χ0v) is 16.5. The topological polar surface area (TPSA) is 77.5 Å². The molecule has 1 aromatic carbocycles. The molecule has 28 heavy (non-hydrogen) atoms. The highest BCUT2D eigenvalue weighted by atomic mass is 32.2. The van der Waals surface area contributed by atoms with Crippen LogP contribution in [0.2, 0.25) is 0 Å². The van der Waals surface area contributed by atoms with Crippen molar-refractivity contribution in [2.75, 3.05) is 13.2 Å². The summed E-state index contributed by atoms with van der Waals surface area (Å²) in [4.78, 5) is 27.5. The van der Waals surface area contributed by atoms with Crippen LogP contribution in [0.3, 0.4) is 0 Å². The molecule has 2 amide bonds. The monoisotopic (exact) mass is 398 g/mol. The number of rotatable bonds is 9. The summed E-state index contributed by atoms with van der Waals surface area (Å²) in [5.41, 5.74) is 1.78. The Balaban J connectivity index is 1.45. The van der Waals surface area contributed by atoms with Gasteiger partial charge in [-0.05, 0) is 54.1 Å². The molecule has 1 aromatic heterocycles. The molecule has 1 aliphatic heterocycles. The summed E-state index contributed by atoms with van der Waals surface area (Å²) in [6.07, 6.45) is 6.27. The SMILES string of the molecule is CCCCOc1ccc(CCOc2ccc(C=C3SC(=O)NC3=O)cc2)nc1. The number of amides is 2. The van der Waals surface area contributed by atoms with Gasteiger partial charge in [0.1, 0.15) is 11.5 Å². The van der Waals surface area contributed by atoms with Crippen molar-refractivity contribution < 1.29 is 19.1 Å². The third-order valence-corrected chi connectivity index (χ3v) is 4.82. The average Bonchev–Trinajstić information content (AvgIpc) is 3.01. The number of carbonyl (C=O) groups excluding carboxylic acids is 2. The van der Waals surface area contributed by atoms with Crippen molar-refractivity contribution in [3.8, 4) is 11.5 Å². The van der Waals surface area contributed by atoms with Crippen LogP contribution in [0.5, 0.6) is 11.5 Å². The fraction of sp³-hybridized carbons (Fsp3) is 0.286. The maximum absolute atomic E-state index is 11.6. The number of hydrogen-bond acceptors (Lipinski definition) is 6. The van der Waals surface area contributed by atoms with E-state index in [-0.39, 0.29) is 11.1 Å². The smallest absolute Gasteiger partial charge is 0.290 e. The molecule has 0 aliphatic carbocycles. The summed E-state index contributed by atoms with van der Waals surface area (Å²) in [5, 5.41) is 1.89. The Morgan fingerprint density at radius 1 is 1.04 bits per heavy atom. The fourth-order valence-corrected chi connectivity index (χ4v) is 3.17. The summed E-state index contributed by atoms with van der Waals surface area (Å²) in [7, 11) is 0. The minimum atomic E-state index is -0.357. The van der Waals surface area contributed by atoms with Gasteiger partial charge in [0.15, 0.2) is 0 Å². The average molecular weight is 398 g/mol. The van der Waals surface area contributed by atoms with Crippen molar-refractivity contribution in [3.63, 3.8) is 0 Å². The number of nitrogens with one attached hydrogen (secondary N) is 1. The molecule has 1 aliphatic rings. The molecule has 3 rings (SSSR count). The number of hydrogen-bond donors (Lipinski definition) is 1. The number of benzene rings is 1. The van der Waals surface area contributed by atoms with Crippen LogP contribution in [0.25, 0.3) is 6.08 Å². The Hall–Kier alpha value is -2.80. The molecule has 1 saturated heterocycles. The van der Waals surface area contributed by atoms with Gasteiger partial charge >= 0.3 is 0 Å². The molecule has 1 fully saturated rings. The van der Waals surface area contributed by atoms with Crippen LogP contribution in [0, 0.1) is 0 Å². The van der Waals surface area contributed by atoms with E-state index in [1.165, 1.54) is 0 Å². The van der Waals surface area contributed by atoms with Gasteiger partial charge in [-0.2, -0.15) is 0 Å². The van der Waals surface area contributed by atoms with Crippen LogP contribution in [-0.4, -0.2) is 29.3 Å². The van der Waals surface area contributed by atoms with Crippen molar-refractivity contribution >= 4 is 29.0 Å². The lowest BCUT2D eigenvalue weighted by Crippen LogP contribution is -2.17. The molecule has 0 saturated carbocycles. The van der Waals surface area contributed by atoms with Crippen molar-refractivity contribution in [1.82, 2.24) is 10.3 Å². The molecular formula is C21H22N2O4S. The lowest BCUT2D eigenvalue weighted by molar-refractivity contribution is -0.115. The first-order chi connectivity index (χ1) is 13.6. The van der Waals surface area contributed by atoms with Crippen LogP contribution < -0.4 is 14.8 Å². The number of carbonyl (C=O) groups is 2. The molecule has 0 unspecified atom stereocenters. The van der Waals surface area contributed by atoms with Gasteiger partial charge < -0.3 is 9.47 Å². The van der Waals surface area contributed by atoms with Crippen LogP contribution in [-0.2, 0) is 11.2 Å². The zero-order valence-electron chi connectivity index (χ0n) is 15.6. The standard InChI is InChI=1S/C21H22N2O4S/c1-2-3-11-26-18-9-6-16(22-14-18)10-12-27-17-7-4-15(5-8-17)13-19-20(24)23-21(25)28-19/h4-9,13-14H,2-3,10-12H2,1H3,(H,23,24,25). The van der Waals surface area contributed by atoms with Gasteiger partial charge in [-0.3, -0.25) is 19.9 Å². The molecule has 7 heteroatoms. The van der Waals surface area contributed by atoms with Gasteiger partial charge in [-0.1, -0.05) is 25.5 Å². The van der Waals surface area contributed by atoms with Crippen LogP contribution in [0.15, 0.2) is 47.5 Å². The van der Waals surface area contributed by atoms with Gasteiger partial charge in [0.2, 0.25) is 0 Å². The Morgan fingerprint density at radius 2 is 1.79 bits per heavy atom. The number of unbranched alkanes of at least 4 members (excludes halogenated alkanes) is 1. The second-order valence-corrected chi connectivity index (χ2v) is 7.22. The molecule has 0 spiro atoms. The number of ether oxygens (including phenoxy) is 2.